The number of nitrogens with one attached hydrogen (secondary N) is 1. The zero-order valence-corrected chi connectivity index (χ0v) is 16.8. The number of thioether (sulfide) groups is 1. The number of nitrogens with zero attached hydrogens (tertiary/aromatic N) is 2. The lowest BCUT2D eigenvalue weighted by atomic mass is 10.0. The zero-order valence-electron chi connectivity index (χ0n) is 16.0. The van der Waals surface area contributed by atoms with Crippen molar-refractivity contribution in [2.24, 2.45) is 0 Å². The van der Waals surface area contributed by atoms with Crippen molar-refractivity contribution in [1.29, 1.82) is 0 Å². The lowest BCUT2D eigenvalue weighted by Crippen LogP contribution is -2.44. The fourth-order valence-electron chi connectivity index (χ4n) is 3.07. The van der Waals surface area contributed by atoms with E-state index in [1.807, 2.05) is 0 Å². The highest BCUT2D eigenvalue weighted by molar-refractivity contribution is 7.99. The minimum atomic E-state index is -4.44. The van der Waals surface area contributed by atoms with Crippen LogP contribution in [0.4, 0.5) is 17.6 Å². The average molecular weight is 443 g/mol. The van der Waals surface area contributed by atoms with Crippen molar-refractivity contribution in [3.05, 3.63) is 59.5 Å². The second-order valence-electron chi connectivity index (χ2n) is 6.69. The normalized spacial score (nSPS) is 16.3. The van der Waals surface area contributed by atoms with E-state index in [1.54, 1.807) is 12.1 Å². The first-order valence-electron chi connectivity index (χ1n) is 9.33. The third kappa shape index (κ3) is 6.41. The molecule has 0 aliphatic carbocycles. The maximum Gasteiger partial charge on any atom is 0.417 e. The molecular weight excluding hydrogens is 422 g/mol. The monoisotopic (exact) mass is 443 g/mol. The number of hydrogen-bond acceptors (Lipinski definition) is 5. The molecule has 1 aromatic carbocycles. The van der Waals surface area contributed by atoms with Crippen LogP contribution in [0.5, 0.6) is 0 Å². The summed E-state index contributed by atoms with van der Waals surface area (Å²) in [5.41, 5.74) is 0.0552. The summed E-state index contributed by atoms with van der Waals surface area (Å²) in [5.74, 6) is -0.566. The van der Waals surface area contributed by atoms with Gasteiger partial charge < -0.3 is 10.1 Å². The van der Waals surface area contributed by atoms with Crippen LogP contribution in [0.3, 0.4) is 0 Å². The fraction of sp³-hybridized carbons (Fsp3) is 0.400. The van der Waals surface area contributed by atoms with Crippen molar-refractivity contribution in [3.63, 3.8) is 0 Å². The Morgan fingerprint density at radius 2 is 1.87 bits per heavy atom. The van der Waals surface area contributed by atoms with Crippen molar-refractivity contribution in [3.8, 4) is 0 Å². The van der Waals surface area contributed by atoms with Crippen LogP contribution < -0.4 is 5.32 Å². The number of rotatable bonds is 7. The molecule has 5 nitrogen and oxygen atoms in total. The molecule has 1 aromatic heterocycles. The van der Waals surface area contributed by atoms with Gasteiger partial charge in [0.05, 0.1) is 35.6 Å². The van der Waals surface area contributed by atoms with E-state index in [0.717, 1.165) is 29.6 Å². The van der Waals surface area contributed by atoms with Gasteiger partial charge in [-0.25, -0.2) is 9.37 Å². The number of carbonyl (C=O) groups excluding carboxylic acids is 1. The van der Waals surface area contributed by atoms with Gasteiger partial charge in [-0.05, 0) is 29.8 Å². The number of ether oxygens (including phenoxy) is 1. The molecule has 0 radical (unpaired) electrons. The Labute approximate surface area is 175 Å². The number of carbonyl (C=O) groups is 1. The lowest BCUT2D eigenvalue weighted by Gasteiger charge is -2.35. The van der Waals surface area contributed by atoms with Gasteiger partial charge in [-0.2, -0.15) is 13.2 Å². The number of alkyl halides is 3. The number of benzene rings is 1. The Bertz CT molecular complexity index is 825. The molecule has 30 heavy (non-hydrogen) atoms. The van der Waals surface area contributed by atoms with E-state index >= 15 is 0 Å². The number of amides is 1. The predicted molar refractivity (Wildman–Crippen MR) is 105 cm³/mol. The van der Waals surface area contributed by atoms with E-state index in [2.05, 4.69) is 15.2 Å². The van der Waals surface area contributed by atoms with Gasteiger partial charge in [0.2, 0.25) is 5.91 Å². The van der Waals surface area contributed by atoms with Gasteiger partial charge in [0.15, 0.2) is 0 Å². The SMILES string of the molecule is O=C(CSc1ccc(C(F)(F)F)cn1)NCC(c1ccc(F)cc1)N1CCOCC1. The molecule has 1 fully saturated rings. The van der Waals surface area contributed by atoms with Gasteiger partial charge in [0, 0.05) is 25.8 Å². The number of hydrogen-bond donors (Lipinski definition) is 1. The first-order valence-corrected chi connectivity index (χ1v) is 10.3. The molecule has 10 heteroatoms. The number of morpholine rings is 1. The lowest BCUT2D eigenvalue weighted by molar-refractivity contribution is -0.137. The van der Waals surface area contributed by atoms with Crippen LogP contribution >= 0.6 is 11.8 Å². The molecule has 3 rings (SSSR count). The third-order valence-corrected chi connectivity index (χ3v) is 5.59. The van der Waals surface area contributed by atoms with Crippen molar-refractivity contribution in [2.45, 2.75) is 17.2 Å². The predicted octanol–water partition coefficient (Wildman–Crippen LogP) is 3.52. The number of halogens is 4. The minimum absolute atomic E-state index is 0.0254. The second kappa shape index (κ2) is 10.2. The van der Waals surface area contributed by atoms with Gasteiger partial charge in [0.25, 0.3) is 0 Å². The highest BCUT2D eigenvalue weighted by atomic mass is 32.2. The van der Waals surface area contributed by atoms with Gasteiger partial charge in [0.1, 0.15) is 5.82 Å². The Kier molecular flexibility index (Phi) is 7.68. The quantitative estimate of drug-likeness (QED) is 0.524. The van der Waals surface area contributed by atoms with Gasteiger partial charge in [-0.3, -0.25) is 9.69 Å². The van der Waals surface area contributed by atoms with Crippen LogP contribution in [0.2, 0.25) is 0 Å². The topological polar surface area (TPSA) is 54.5 Å². The molecule has 2 aromatic rings. The number of pyridine rings is 1. The van der Waals surface area contributed by atoms with Crippen LogP contribution in [0.25, 0.3) is 0 Å². The molecule has 0 saturated carbocycles. The summed E-state index contributed by atoms with van der Waals surface area (Å²) < 4.78 is 56.4. The zero-order chi connectivity index (χ0) is 21.6. The summed E-state index contributed by atoms with van der Waals surface area (Å²) in [4.78, 5) is 18.2. The van der Waals surface area contributed by atoms with Crippen molar-refractivity contribution >= 4 is 17.7 Å². The molecule has 0 bridgehead atoms. The Morgan fingerprint density at radius 1 is 1.17 bits per heavy atom. The summed E-state index contributed by atoms with van der Waals surface area (Å²) in [7, 11) is 0. The van der Waals surface area contributed by atoms with Crippen molar-refractivity contribution in [2.75, 3.05) is 38.6 Å². The third-order valence-electron chi connectivity index (χ3n) is 4.65. The molecule has 1 aliphatic rings. The van der Waals surface area contributed by atoms with Gasteiger partial charge in [-0.1, -0.05) is 23.9 Å². The molecule has 1 saturated heterocycles. The highest BCUT2D eigenvalue weighted by Crippen LogP contribution is 2.29. The van der Waals surface area contributed by atoms with E-state index in [0.29, 0.717) is 37.9 Å². The molecule has 162 valence electrons. The smallest absolute Gasteiger partial charge is 0.379 e. The van der Waals surface area contributed by atoms with E-state index in [9.17, 15) is 22.4 Å². The van der Waals surface area contributed by atoms with Crippen LogP contribution in [0.15, 0.2) is 47.6 Å². The van der Waals surface area contributed by atoms with E-state index in [1.165, 1.54) is 18.2 Å². The van der Waals surface area contributed by atoms with Gasteiger partial charge >= 0.3 is 6.18 Å². The summed E-state index contributed by atoms with van der Waals surface area (Å²) in [6.07, 6.45) is -3.69. The van der Waals surface area contributed by atoms with E-state index in [4.69, 9.17) is 4.74 Å². The first-order chi connectivity index (χ1) is 14.3. The fourth-order valence-corrected chi connectivity index (χ4v) is 3.74. The summed E-state index contributed by atoms with van der Waals surface area (Å²) in [6.45, 7) is 2.89. The van der Waals surface area contributed by atoms with E-state index < -0.39 is 11.7 Å². The summed E-state index contributed by atoms with van der Waals surface area (Å²) >= 11 is 1.06. The molecule has 1 amide bonds. The summed E-state index contributed by atoms with van der Waals surface area (Å²) in [5, 5.41) is 3.19. The first kappa shape index (κ1) is 22.5. The van der Waals surface area contributed by atoms with Crippen LogP contribution in [-0.2, 0) is 15.7 Å². The van der Waals surface area contributed by atoms with Crippen molar-refractivity contribution < 1.29 is 27.1 Å². The number of aromatic nitrogens is 1. The van der Waals surface area contributed by atoms with E-state index in [-0.39, 0.29) is 23.5 Å². The largest absolute Gasteiger partial charge is 0.417 e. The molecule has 1 unspecified atom stereocenters. The van der Waals surface area contributed by atoms with Crippen LogP contribution in [0.1, 0.15) is 17.2 Å². The Hall–Kier alpha value is -2.17. The maximum atomic E-state index is 13.3. The molecule has 1 N–H and O–H groups in total. The van der Waals surface area contributed by atoms with Gasteiger partial charge in [-0.15, -0.1) is 0 Å². The molecule has 2 heterocycles. The second-order valence-corrected chi connectivity index (χ2v) is 7.69. The molecular formula is C20H21F4N3O2S. The Balaban J connectivity index is 1.55. The van der Waals surface area contributed by atoms with Crippen LogP contribution in [0, 0.1) is 5.82 Å². The molecule has 1 aliphatic heterocycles. The highest BCUT2D eigenvalue weighted by Gasteiger charge is 2.30. The minimum Gasteiger partial charge on any atom is -0.379 e. The average Bonchev–Trinajstić information content (AvgIpc) is 2.74. The molecule has 1 atom stereocenters. The van der Waals surface area contributed by atoms with Crippen LogP contribution in [-0.4, -0.2) is 54.4 Å². The summed E-state index contributed by atoms with van der Waals surface area (Å²) in [6, 6.07) is 8.22. The Morgan fingerprint density at radius 3 is 2.47 bits per heavy atom. The van der Waals surface area contributed by atoms with Crippen molar-refractivity contribution in [1.82, 2.24) is 15.2 Å². The molecule has 0 spiro atoms. The maximum absolute atomic E-state index is 13.3. The standard InChI is InChI=1S/C20H21F4N3O2S/c21-16-4-1-14(2-5-16)17(27-7-9-29-10-8-27)12-25-18(28)13-30-19-6-3-15(11-26-19)20(22,23)24/h1-6,11,17H,7-10,12-13H2,(H,25,28).